The van der Waals surface area contributed by atoms with Gasteiger partial charge >= 0.3 is 5.97 Å². The van der Waals surface area contributed by atoms with Crippen molar-refractivity contribution in [1.29, 1.82) is 0 Å². The Hall–Kier alpha value is -3.02. The molecule has 0 amide bonds. The Labute approximate surface area is 132 Å². The maximum Gasteiger partial charge on any atom is 0.356 e. The van der Waals surface area contributed by atoms with Crippen molar-refractivity contribution in [1.82, 2.24) is 9.13 Å². The molecule has 0 spiro atoms. The fourth-order valence-electron chi connectivity index (χ4n) is 2.75. The van der Waals surface area contributed by atoms with Crippen LogP contribution in [-0.4, -0.2) is 22.2 Å². The lowest BCUT2D eigenvalue weighted by atomic mass is 10.2. The topological polar surface area (TPSA) is 79.2 Å². The molecule has 0 aliphatic rings. The van der Waals surface area contributed by atoms with E-state index in [2.05, 4.69) is 0 Å². The van der Waals surface area contributed by atoms with Crippen LogP contribution in [0.3, 0.4) is 0 Å². The van der Waals surface area contributed by atoms with E-state index >= 15 is 0 Å². The minimum atomic E-state index is -0.625. The van der Waals surface area contributed by atoms with Crippen LogP contribution < -0.4 is 11.3 Å². The van der Waals surface area contributed by atoms with E-state index < -0.39 is 5.97 Å². The fourth-order valence-corrected chi connectivity index (χ4v) is 2.75. The SMILES string of the molecule is COC(=O)c1c(N)c2ccn(Cc3ccccc3)c2c(=O)n1C. The number of benzene rings is 1. The van der Waals surface area contributed by atoms with Crippen LogP contribution >= 0.6 is 0 Å². The predicted molar refractivity (Wildman–Crippen MR) is 88.5 cm³/mol. The minimum absolute atomic E-state index is 0.0717. The molecule has 6 heteroatoms. The van der Waals surface area contributed by atoms with Gasteiger partial charge in [-0.1, -0.05) is 30.3 Å². The summed E-state index contributed by atoms with van der Waals surface area (Å²) in [7, 11) is 2.78. The summed E-state index contributed by atoms with van der Waals surface area (Å²) in [4.78, 5) is 24.6. The van der Waals surface area contributed by atoms with Gasteiger partial charge in [-0.3, -0.25) is 4.79 Å². The number of esters is 1. The van der Waals surface area contributed by atoms with Crippen LogP contribution in [-0.2, 0) is 18.3 Å². The molecule has 0 radical (unpaired) electrons. The summed E-state index contributed by atoms with van der Waals surface area (Å²) in [5.74, 6) is -0.625. The van der Waals surface area contributed by atoms with Gasteiger partial charge in [0, 0.05) is 25.2 Å². The molecule has 0 saturated carbocycles. The van der Waals surface area contributed by atoms with Crippen LogP contribution in [0.4, 0.5) is 5.69 Å². The zero-order valence-corrected chi connectivity index (χ0v) is 12.9. The summed E-state index contributed by atoms with van der Waals surface area (Å²) in [6.45, 7) is 0.552. The Bertz CT molecular complexity index is 939. The molecular formula is C17H17N3O3. The molecule has 2 heterocycles. The van der Waals surface area contributed by atoms with Gasteiger partial charge in [0.2, 0.25) is 0 Å². The first-order chi connectivity index (χ1) is 11.0. The van der Waals surface area contributed by atoms with E-state index in [1.165, 1.54) is 18.7 Å². The number of rotatable bonds is 3. The molecule has 2 N–H and O–H groups in total. The quantitative estimate of drug-likeness (QED) is 0.748. The highest BCUT2D eigenvalue weighted by molar-refractivity contribution is 6.03. The molecule has 118 valence electrons. The normalized spacial score (nSPS) is 10.9. The van der Waals surface area contributed by atoms with Gasteiger partial charge in [0.15, 0.2) is 5.69 Å². The van der Waals surface area contributed by atoms with Crippen molar-refractivity contribution >= 4 is 22.6 Å². The molecule has 0 aliphatic heterocycles. The molecule has 0 atom stereocenters. The van der Waals surface area contributed by atoms with Gasteiger partial charge in [-0.25, -0.2) is 4.79 Å². The predicted octanol–water partition coefficient (Wildman–Crippen LogP) is 1.76. The zero-order chi connectivity index (χ0) is 16.6. The first kappa shape index (κ1) is 14.9. The minimum Gasteiger partial charge on any atom is -0.464 e. The van der Waals surface area contributed by atoms with E-state index in [1.807, 2.05) is 34.9 Å². The number of ether oxygens (including phenoxy) is 1. The lowest BCUT2D eigenvalue weighted by Gasteiger charge is -2.12. The van der Waals surface area contributed by atoms with Gasteiger partial charge in [-0.05, 0) is 11.6 Å². The van der Waals surface area contributed by atoms with Crippen LogP contribution in [0.15, 0.2) is 47.4 Å². The number of nitrogens with zero attached hydrogens (tertiary/aromatic N) is 2. The number of hydrogen-bond donors (Lipinski definition) is 1. The molecule has 3 aromatic rings. The Morgan fingerprint density at radius 1 is 1.22 bits per heavy atom. The molecule has 6 nitrogen and oxygen atoms in total. The van der Waals surface area contributed by atoms with Crippen LogP contribution in [0, 0.1) is 0 Å². The Morgan fingerprint density at radius 2 is 1.91 bits per heavy atom. The molecule has 0 aliphatic carbocycles. The first-order valence-corrected chi connectivity index (χ1v) is 7.14. The first-order valence-electron chi connectivity index (χ1n) is 7.14. The summed E-state index contributed by atoms with van der Waals surface area (Å²) < 4.78 is 7.80. The Morgan fingerprint density at radius 3 is 2.57 bits per heavy atom. The lowest BCUT2D eigenvalue weighted by molar-refractivity contribution is 0.0590. The van der Waals surface area contributed by atoms with Gasteiger partial charge in [0.25, 0.3) is 5.56 Å². The van der Waals surface area contributed by atoms with Crippen molar-refractivity contribution in [2.24, 2.45) is 7.05 Å². The number of hydrogen-bond acceptors (Lipinski definition) is 4. The van der Waals surface area contributed by atoms with Crippen molar-refractivity contribution in [3.63, 3.8) is 0 Å². The molecule has 3 rings (SSSR count). The number of methoxy groups -OCH3 is 1. The lowest BCUT2D eigenvalue weighted by Crippen LogP contribution is -2.27. The van der Waals surface area contributed by atoms with Gasteiger partial charge in [0.05, 0.1) is 12.8 Å². The molecule has 0 bridgehead atoms. The molecule has 2 aromatic heterocycles. The van der Waals surface area contributed by atoms with Crippen LogP contribution in [0.2, 0.25) is 0 Å². The van der Waals surface area contributed by atoms with Gasteiger partial charge < -0.3 is 19.6 Å². The van der Waals surface area contributed by atoms with Gasteiger partial charge in [0.1, 0.15) is 5.52 Å². The largest absolute Gasteiger partial charge is 0.464 e. The number of carbonyl (C=O) groups is 1. The van der Waals surface area contributed by atoms with E-state index in [-0.39, 0.29) is 16.9 Å². The number of aromatic nitrogens is 2. The fraction of sp³-hybridized carbons (Fsp3) is 0.176. The number of nitrogens with two attached hydrogens (primary N) is 1. The number of pyridine rings is 1. The van der Waals surface area contributed by atoms with E-state index in [9.17, 15) is 9.59 Å². The smallest absolute Gasteiger partial charge is 0.356 e. The van der Waals surface area contributed by atoms with Crippen molar-refractivity contribution in [3.8, 4) is 0 Å². The summed E-state index contributed by atoms with van der Waals surface area (Å²) in [6, 6.07) is 11.6. The summed E-state index contributed by atoms with van der Waals surface area (Å²) in [5.41, 5.74) is 7.68. The molecule has 0 saturated heterocycles. The summed E-state index contributed by atoms with van der Waals surface area (Å²) in [6.07, 6.45) is 1.80. The van der Waals surface area contributed by atoms with Gasteiger partial charge in [-0.2, -0.15) is 0 Å². The van der Waals surface area contributed by atoms with Crippen molar-refractivity contribution in [3.05, 3.63) is 64.2 Å². The maximum absolute atomic E-state index is 12.7. The standard InChI is InChI=1S/C17H17N3O3/c1-19-15(17(22)23-2)13(18)12-8-9-20(14(12)16(19)21)10-11-6-4-3-5-7-11/h3-9H,10,18H2,1-2H3. The molecule has 0 fully saturated rings. The van der Waals surface area contributed by atoms with Crippen LogP contribution in [0.25, 0.3) is 10.9 Å². The molecule has 0 unspecified atom stereocenters. The maximum atomic E-state index is 12.7. The second-order valence-corrected chi connectivity index (χ2v) is 5.31. The van der Waals surface area contributed by atoms with Gasteiger partial charge in [-0.15, -0.1) is 0 Å². The average molecular weight is 311 g/mol. The average Bonchev–Trinajstić information content (AvgIpc) is 2.97. The Balaban J connectivity index is 2.22. The highest BCUT2D eigenvalue weighted by Crippen LogP contribution is 2.24. The second kappa shape index (κ2) is 5.64. The van der Waals surface area contributed by atoms with E-state index in [4.69, 9.17) is 10.5 Å². The Kier molecular flexibility index (Phi) is 3.65. The number of anilines is 1. The highest BCUT2D eigenvalue weighted by Gasteiger charge is 2.21. The monoisotopic (exact) mass is 311 g/mol. The van der Waals surface area contributed by atoms with Crippen molar-refractivity contribution in [2.45, 2.75) is 6.54 Å². The molecular weight excluding hydrogens is 294 g/mol. The van der Waals surface area contributed by atoms with Crippen molar-refractivity contribution in [2.75, 3.05) is 12.8 Å². The number of carbonyl (C=O) groups excluding carboxylic acids is 1. The third-order valence-electron chi connectivity index (χ3n) is 3.93. The third-order valence-corrected chi connectivity index (χ3v) is 3.93. The third kappa shape index (κ3) is 2.38. The second-order valence-electron chi connectivity index (χ2n) is 5.31. The highest BCUT2D eigenvalue weighted by atomic mass is 16.5. The van der Waals surface area contributed by atoms with E-state index in [0.717, 1.165) is 5.56 Å². The number of nitrogen functional groups attached to an aromatic ring is 1. The van der Waals surface area contributed by atoms with Crippen molar-refractivity contribution < 1.29 is 9.53 Å². The van der Waals surface area contributed by atoms with Crippen LogP contribution in [0.5, 0.6) is 0 Å². The molecule has 23 heavy (non-hydrogen) atoms. The van der Waals surface area contributed by atoms with E-state index in [1.54, 1.807) is 12.3 Å². The summed E-state index contributed by atoms with van der Waals surface area (Å²) >= 11 is 0. The summed E-state index contributed by atoms with van der Waals surface area (Å²) in [5, 5.41) is 0.560. The molecule has 1 aromatic carbocycles. The van der Waals surface area contributed by atoms with Crippen LogP contribution in [0.1, 0.15) is 16.1 Å². The zero-order valence-electron chi connectivity index (χ0n) is 12.9. The van der Waals surface area contributed by atoms with E-state index in [0.29, 0.717) is 17.4 Å². The number of fused-ring (bicyclic) bond motifs is 1.